The number of furan rings is 1. The molecule has 0 saturated carbocycles. The fourth-order valence-electron chi connectivity index (χ4n) is 3.78. The molecule has 142 valence electrons. The molecule has 0 unspecified atom stereocenters. The van der Waals surface area contributed by atoms with Crippen LogP contribution in [0.25, 0.3) is 0 Å². The lowest BCUT2D eigenvalue weighted by molar-refractivity contribution is -0.147. The van der Waals surface area contributed by atoms with Crippen LogP contribution in [0.2, 0.25) is 0 Å². The Balaban J connectivity index is 1.44. The van der Waals surface area contributed by atoms with Crippen LogP contribution < -0.4 is 10.6 Å². The van der Waals surface area contributed by atoms with Gasteiger partial charge in [0.2, 0.25) is 5.91 Å². The van der Waals surface area contributed by atoms with E-state index in [1.807, 2.05) is 0 Å². The van der Waals surface area contributed by atoms with Crippen LogP contribution in [0.4, 0.5) is 5.00 Å². The van der Waals surface area contributed by atoms with E-state index in [1.54, 1.807) is 23.6 Å². The highest BCUT2D eigenvalue weighted by atomic mass is 32.1. The molecule has 2 fully saturated rings. The summed E-state index contributed by atoms with van der Waals surface area (Å²) < 4.78 is 10.8. The van der Waals surface area contributed by atoms with Crippen LogP contribution in [-0.4, -0.2) is 35.1 Å². The Hall–Kier alpha value is -2.65. The number of ether oxygens (including phenoxy) is 1. The minimum atomic E-state index is -1.02. The van der Waals surface area contributed by atoms with Crippen molar-refractivity contribution in [3.8, 4) is 0 Å². The quantitative estimate of drug-likeness (QED) is 0.695. The Kier molecular flexibility index (Phi) is 4.71. The van der Waals surface area contributed by atoms with E-state index in [4.69, 9.17) is 9.15 Å². The van der Waals surface area contributed by atoms with Gasteiger partial charge in [0.05, 0.1) is 42.4 Å². The molecule has 3 N–H and O–H groups in total. The molecule has 2 amide bonds. The zero-order valence-corrected chi connectivity index (χ0v) is 15.0. The molecule has 8 nitrogen and oxygen atoms in total. The number of amides is 2. The maximum atomic E-state index is 12.7. The van der Waals surface area contributed by atoms with Crippen molar-refractivity contribution in [1.29, 1.82) is 0 Å². The number of carbonyl (C=O) groups excluding carboxylic acids is 2. The van der Waals surface area contributed by atoms with E-state index in [9.17, 15) is 19.5 Å². The van der Waals surface area contributed by atoms with Crippen molar-refractivity contribution in [1.82, 2.24) is 5.32 Å². The van der Waals surface area contributed by atoms with Gasteiger partial charge in [0.15, 0.2) is 0 Å². The maximum Gasteiger partial charge on any atom is 0.310 e. The number of carboxylic acid groups (broad SMARTS) is 1. The fraction of sp³-hybridized carbons (Fsp3) is 0.389. The fourth-order valence-corrected chi connectivity index (χ4v) is 4.57. The number of rotatable bonds is 6. The molecule has 2 aromatic heterocycles. The summed E-state index contributed by atoms with van der Waals surface area (Å²) in [6.07, 6.45) is 2.06. The molecule has 2 aliphatic heterocycles. The number of aliphatic carboxylic acids is 1. The third-order valence-electron chi connectivity index (χ3n) is 5.01. The molecule has 4 heterocycles. The number of anilines is 1. The number of fused-ring (bicyclic) bond motifs is 2. The summed E-state index contributed by atoms with van der Waals surface area (Å²) in [6, 6.07) is 5.09. The van der Waals surface area contributed by atoms with E-state index in [0.717, 1.165) is 0 Å². The average molecular weight is 390 g/mol. The molecule has 2 aliphatic rings. The standard InChI is InChI=1S/C18H18N2O6S/c21-15(19-8-9-2-1-6-25-9)10-5-7-27-17(10)20-16(22)13-11-3-4-12(26-11)14(13)18(23)24/h1-2,5-7,11-14H,3-4,8H2,(H,19,21)(H,20,22)(H,23,24)/t11-,12+,13+,14-/m1/s1. The van der Waals surface area contributed by atoms with Crippen LogP contribution in [0.1, 0.15) is 29.0 Å². The lowest BCUT2D eigenvalue weighted by atomic mass is 9.79. The molecular formula is C18H18N2O6S. The molecule has 0 radical (unpaired) electrons. The summed E-state index contributed by atoms with van der Waals surface area (Å²) in [5, 5.41) is 17.0. The molecular weight excluding hydrogens is 372 g/mol. The number of hydrogen-bond acceptors (Lipinski definition) is 6. The van der Waals surface area contributed by atoms with Crippen molar-refractivity contribution >= 4 is 34.1 Å². The summed E-state index contributed by atoms with van der Waals surface area (Å²) in [4.78, 5) is 36.7. The Morgan fingerprint density at radius 1 is 1.19 bits per heavy atom. The first-order chi connectivity index (χ1) is 13.0. The lowest BCUT2D eigenvalue weighted by Crippen LogP contribution is -2.41. The normalized spacial score (nSPS) is 26.1. The van der Waals surface area contributed by atoms with Crippen LogP contribution in [0.3, 0.4) is 0 Å². The van der Waals surface area contributed by atoms with Gasteiger partial charge in [0, 0.05) is 0 Å². The molecule has 2 saturated heterocycles. The lowest BCUT2D eigenvalue weighted by Gasteiger charge is -2.23. The molecule has 27 heavy (non-hydrogen) atoms. The number of nitrogens with one attached hydrogen (secondary N) is 2. The highest BCUT2D eigenvalue weighted by Crippen LogP contribution is 2.44. The minimum absolute atomic E-state index is 0.233. The SMILES string of the molecule is O=C(NCc1ccco1)c1ccsc1NC(=O)[C@@H]1[C@H](C(=O)O)[C@@H]2CC[C@H]1O2. The third-order valence-corrected chi connectivity index (χ3v) is 5.84. The molecule has 0 spiro atoms. The molecule has 2 bridgehead atoms. The molecule has 0 aromatic carbocycles. The molecule has 0 aliphatic carbocycles. The number of carboxylic acids is 1. The third kappa shape index (κ3) is 3.35. The van der Waals surface area contributed by atoms with Gasteiger partial charge in [-0.05, 0) is 36.4 Å². The predicted molar refractivity (Wildman–Crippen MR) is 95.3 cm³/mol. The first-order valence-corrected chi connectivity index (χ1v) is 9.49. The zero-order valence-electron chi connectivity index (χ0n) is 14.2. The van der Waals surface area contributed by atoms with E-state index in [1.165, 1.54) is 17.6 Å². The van der Waals surface area contributed by atoms with Gasteiger partial charge in [-0.25, -0.2) is 0 Å². The van der Waals surface area contributed by atoms with Gasteiger partial charge < -0.3 is 24.9 Å². The Labute approximate surface area is 158 Å². The largest absolute Gasteiger partial charge is 0.481 e. The molecule has 4 atom stereocenters. The van der Waals surface area contributed by atoms with Gasteiger partial charge in [-0.2, -0.15) is 0 Å². The van der Waals surface area contributed by atoms with Crippen LogP contribution in [0.5, 0.6) is 0 Å². The Morgan fingerprint density at radius 2 is 1.96 bits per heavy atom. The topological polar surface area (TPSA) is 118 Å². The van der Waals surface area contributed by atoms with Gasteiger partial charge in [-0.1, -0.05) is 0 Å². The predicted octanol–water partition coefficient (Wildman–Crippen LogP) is 2.09. The van der Waals surface area contributed by atoms with E-state index in [2.05, 4.69) is 10.6 Å². The number of carbonyl (C=O) groups is 3. The highest BCUT2D eigenvalue weighted by molar-refractivity contribution is 7.14. The van der Waals surface area contributed by atoms with Crippen molar-refractivity contribution in [2.45, 2.75) is 31.6 Å². The molecule has 4 rings (SSSR count). The van der Waals surface area contributed by atoms with Crippen molar-refractivity contribution < 1.29 is 28.6 Å². The van der Waals surface area contributed by atoms with E-state index < -0.39 is 29.8 Å². The first-order valence-electron chi connectivity index (χ1n) is 8.62. The smallest absolute Gasteiger partial charge is 0.310 e. The monoisotopic (exact) mass is 390 g/mol. The second-order valence-corrected chi connectivity index (χ2v) is 7.51. The number of thiophene rings is 1. The van der Waals surface area contributed by atoms with E-state index in [0.29, 0.717) is 29.2 Å². The van der Waals surface area contributed by atoms with Crippen molar-refractivity contribution in [2.75, 3.05) is 5.32 Å². The second-order valence-electron chi connectivity index (χ2n) is 6.59. The van der Waals surface area contributed by atoms with Crippen molar-refractivity contribution in [3.05, 3.63) is 41.2 Å². The van der Waals surface area contributed by atoms with Crippen LogP contribution >= 0.6 is 11.3 Å². The molecule has 9 heteroatoms. The maximum absolute atomic E-state index is 12.7. The van der Waals surface area contributed by atoms with Crippen LogP contribution in [0, 0.1) is 11.8 Å². The van der Waals surface area contributed by atoms with Gasteiger partial charge in [0.25, 0.3) is 5.91 Å². The minimum Gasteiger partial charge on any atom is -0.481 e. The highest BCUT2D eigenvalue weighted by Gasteiger charge is 2.55. The summed E-state index contributed by atoms with van der Waals surface area (Å²) in [5.41, 5.74) is 0.329. The van der Waals surface area contributed by atoms with Crippen LogP contribution in [-0.2, 0) is 20.9 Å². The average Bonchev–Trinajstić information content (AvgIpc) is 3.42. The van der Waals surface area contributed by atoms with Crippen molar-refractivity contribution in [3.63, 3.8) is 0 Å². The van der Waals surface area contributed by atoms with E-state index >= 15 is 0 Å². The van der Waals surface area contributed by atoms with Gasteiger partial charge in [-0.15, -0.1) is 11.3 Å². The second kappa shape index (κ2) is 7.16. The summed E-state index contributed by atoms with van der Waals surface area (Å²) in [5.74, 6) is -2.76. The van der Waals surface area contributed by atoms with Gasteiger partial charge in [0.1, 0.15) is 10.8 Å². The Bertz CT molecular complexity index is 861. The Morgan fingerprint density at radius 3 is 2.67 bits per heavy atom. The van der Waals surface area contributed by atoms with Gasteiger partial charge in [-0.3, -0.25) is 14.4 Å². The van der Waals surface area contributed by atoms with E-state index in [-0.39, 0.29) is 18.6 Å². The summed E-state index contributed by atoms with van der Waals surface area (Å²) >= 11 is 1.21. The summed E-state index contributed by atoms with van der Waals surface area (Å²) in [6.45, 7) is 0.233. The molecule has 2 aromatic rings. The summed E-state index contributed by atoms with van der Waals surface area (Å²) in [7, 11) is 0. The number of hydrogen-bond donors (Lipinski definition) is 3. The van der Waals surface area contributed by atoms with Gasteiger partial charge >= 0.3 is 5.97 Å². The van der Waals surface area contributed by atoms with Crippen LogP contribution in [0.15, 0.2) is 34.3 Å². The van der Waals surface area contributed by atoms with Crippen molar-refractivity contribution in [2.24, 2.45) is 11.8 Å². The zero-order chi connectivity index (χ0) is 19.0. The first kappa shape index (κ1) is 17.7.